The quantitative estimate of drug-likeness (QED) is 0.152. The highest BCUT2D eigenvalue weighted by atomic mass is 16.3. The Morgan fingerprint density at radius 1 is 0.548 bits per heavy atom. The van der Waals surface area contributed by atoms with Crippen molar-refractivity contribution in [2.45, 2.75) is 38.0 Å². The van der Waals surface area contributed by atoms with Crippen LogP contribution < -0.4 is 4.90 Å². The molecule has 2 aliphatic rings. The van der Waals surface area contributed by atoms with E-state index in [2.05, 4.69) is 231 Å². The zero-order valence-electron chi connectivity index (χ0n) is 35.1. The summed E-state index contributed by atoms with van der Waals surface area (Å²) in [5.41, 5.74) is 18.8. The monoisotopic (exact) mass is 797 g/mol. The molecule has 2 heteroatoms. The van der Waals surface area contributed by atoms with E-state index in [0.29, 0.717) is 5.92 Å². The Hall–Kier alpha value is -7.42. The van der Waals surface area contributed by atoms with E-state index in [1.807, 2.05) is 6.07 Å². The minimum atomic E-state index is -0.172. The first kappa shape index (κ1) is 37.6. The van der Waals surface area contributed by atoms with Gasteiger partial charge in [-0.15, -0.1) is 0 Å². The number of benzene rings is 8. The minimum Gasteiger partial charge on any atom is -0.456 e. The molecule has 0 fully saturated rings. The van der Waals surface area contributed by atoms with Crippen LogP contribution in [0.25, 0.3) is 72.5 Å². The first-order chi connectivity index (χ1) is 30.5. The molecule has 2 aliphatic carbocycles. The SMILES string of the molecule is CC1CC=Cc2cc(-c3cccc(-c4ccc(C5(C)C=CC(N(c6cccc(-c7ccccc7-c7ccccc7)c6)c6cccc7oc8ccccc8c67)=CC5)cc4)c3)ccc21. The maximum atomic E-state index is 6.44. The highest BCUT2D eigenvalue weighted by Gasteiger charge is 2.28. The van der Waals surface area contributed by atoms with Gasteiger partial charge in [-0.3, -0.25) is 0 Å². The van der Waals surface area contributed by atoms with Crippen molar-refractivity contribution in [2.24, 2.45) is 0 Å². The zero-order chi connectivity index (χ0) is 41.6. The molecular formula is C60H47NO. The van der Waals surface area contributed by atoms with Crippen molar-refractivity contribution in [1.82, 2.24) is 0 Å². The average Bonchev–Trinajstić information content (AvgIpc) is 3.72. The van der Waals surface area contributed by atoms with Gasteiger partial charge in [0.1, 0.15) is 11.2 Å². The molecule has 8 aromatic carbocycles. The van der Waals surface area contributed by atoms with Gasteiger partial charge in [-0.1, -0.05) is 184 Å². The number of furan rings is 1. The predicted molar refractivity (Wildman–Crippen MR) is 262 cm³/mol. The fourth-order valence-electron chi connectivity index (χ4n) is 9.68. The molecule has 9 aromatic rings. The lowest BCUT2D eigenvalue weighted by atomic mass is 9.76. The first-order valence-corrected chi connectivity index (χ1v) is 21.9. The first-order valence-electron chi connectivity index (χ1n) is 21.9. The highest BCUT2D eigenvalue weighted by molar-refractivity contribution is 6.13. The maximum Gasteiger partial charge on any atom is 0.137 e. The number of rotatable bonds is 8. The summed E-state index contributed by atoms with van der Waals surface area (Å²) < 4.78 is 6.44. The molecule has 0 radical (unpaired) electrons. The molecule has 2 atom stereocenters. The smallest absolute Gasteiger partial charge is 0.137 e. The van der Waals surface area contributed by atoms with Crippen LogP contribution in [0.3, 0.4) is 0 Å². The predicted octanol–water partition coefficient (Wildman–Crippen LogP) is 16.7. The number of hydrogen-bond donors (Lipinski definition) is 0. The van der Waals surface area contributed by atoms with Gasteiger partial charge in [0.05, 0.1) is 11.1 Å². The van der Waals surface area contributed by atoms with Crippen molar-refractivity contribution in [3.8, 4) is 44.5 Å². The Balaban J connectivity index is 0.936. The van der Waals surface area contributed by atoms with Crippen LogP contribution in [0, 0.1) is 0 Å². The van der Waals surface area contributed by atoms with Gasteiger partial charge >= 0.3 is 0 Å². The van der Waals surface area contributed by atoms with Crippen molar-refractivity contribution < 1.29 is 4.42 Å². The minimum absolute atomic E-state index is 0.172. The number of hydrogen-bond acceptors (Lipinski definition) is 2. The van der Waals surface area contributed by atoms with Gasteiger partial charge in [0, 0.05) is 22.2 Å². The van der Waals surface area contributed by atoms with Crippen LogP contribution in [0.4, 0.5) is 11.4 Å². The number of anilines is 2. The van der Waals surface area contributed by atoms with E-state index in [0.717, 1.165) is 51.9 Å². The molecule has 11 rings (SSSR count). The lowest BCUT2D eigenvalue weighted by Gasteiger charge is -2.34. The Kier molecular flexibility index (Phi) is 9.43. The number of nitrogens with zero attached hydrogens (tertiary/aromatic N) is 1. The van der Waals surface area contributed by atoms with Crippen molar-refractivity contribution in [2.75, 3.05) is 4.90 Å². The van der Waals surface area contributed by atoms with Crippen LogP contribution in [0.15, 0.2) is 222 Å². The van der Waals surface area contributed by atoms with Crippen LogP contribution in [-0.2, 0) is 5.41 Å². The van der Waals surface area contributed by atoms with E-state index in [1.165, 1.54) is 61.2 Å². The lowest BCUT2D eigenvalue weighted by Crippen LogP contribution is -2.24. The number of para-hydroxylation sites is 1. The van der Waals surface area contributed by atoms with E-state index < -0.39 is 0 Å². The van der Waals surface area contributed by atoms with Gasteiger partial charge in [-0.25, -0.2) is 0 Å². The second-order valence-electron chi connectivity index (χ2n) is 17.2. The summed E-state index contributed by atoms with van der Waals surface area (Å²) in [6.45, 7) is 4.67. The Morgan fingerprint density at radius 3 is 2.03 bits per heavy atom. The largest absolute Gasteiger partial charge is 0.456 e. The van der Waals surface area contributed by atoms with Crippen molar-refractivity contribution in [3.05, 3.63) is 235 Å². The van der Waals surface area contributed by atoms with E-state index in [9.17, 15) is 0 Å². The average molecular weight is 798 g/mol. The molecular weight excluding hydrogens is 751 g/mol. The van der Waals surface area contributed by atoms with Crippen LogP contribution in [0.2, 0.25) is 0 Å². The fourth-order valence-corrected chi connectivity index (χ4v) is 9.68. The summed E-state index contributed by atoms with van der Waals surface area (Å²) in [4.78, 5) is 2.42. The second-order valence-corrected chi connectivity index (χ2v) is 17.2. The Bertz CT molecular complexity index is 3220. The highest BCUT2D eigenvalue weighted by Crippen LogP contribution is 2.45. The lowest BCUT2D eigenvalue weighted by molar-refractivity contribution is 0.595. The standard InChI is InChI=1S/C60H47NO/c1-41-14-10-19-47-39-46(30-33-52(41)47)45-18-11-17-44(38-45)42-28-31-49(32-29-42)60(2)36-34-50(35-37-60)61(56-25-13-27-58-59(56)55-24-8-9-26-57(55)62-58)51-21-12-20-48(40-51)54-23-7-6-22-53(54)43-15-4-3-5-16-43/h3-13,15-36,38-41H,14,37H2,1-2H3. The van der Waals surface area contributed by atoms with Gasteiger partial charge < -0.3 is 9.32 Å². The van der Waals surface area contributed by atoms with E-state index >= 15 is 0 Å². The summed E-state index contributed by atoms with van der Waals surface area (Å²) in [5.74, 6) is 0.569. The molecule has 62 heavy (non-hydrogen) atoms. The summed E-state index contributed by atoms with van der Waals surface area (Å²) in [6.07, 6.45) is 13.7. The van der Waals surface area contributed by atoms with Gasteiger partial charge in [-0.05, 0) is 128 Å². The van der Waals surface area contributed by atoms with Crippen molar-refractivity contribution in [3.63, 3.8) is 0 Å². The summed E-state index contributed by atoms with van der Waals surface area (Å²) in [7, 11) is 0. The Labute approximate surface area is 364 Å². The van der Waals surface area contributed by atoms with Gasteiger partial charge in [-0.2, -0.15) is 0 Å². The molecule has 0 saturated heterocycles. The molecule has 1 heterocycles. The molecule has 0 aliphatic heterocycles. The number of fused-ring (bicyclic) bond motifs is 4. The van der Waals surface area contributed by atoms with Crippen LogP contribution in [0.5, 0.6) is 0 Å². The van der Waals surface area contributed by atoms with E-state index in [1.54, 1.807) is 0 Å². The summed E-state index contributed by atoms with van der Waals surface area (Å²) in [5, 5.41) is 2.22. The summed E-state index contributed by atoms with van der Waals surface area (Å²) in [6, 6.07) is 68.3. The fraction of sp³-hybridized carbons (Fsp3) is 0.100. The van der Waals surface area contributed by atoms with Crippen molar-refractivity contribution in [1.29, 1.82) is 0 Å². The zero-order valence-corrected chi connectivity index (χ0v) is 35.1. The molecule has 1 aromatic heterocycles. The molecule has 0 amide bonds. The van der Waals surface area contributed by atoms with Gasteiger partial charge in [0.25, 0.3) is 0 Å². The maximum absolute atomic E-state index is 6.44. The normalized spacial score (nSPS) is 16.9. The molecule has 298 valence electrons. The topological polar surface area (TPSA) is 16.4 Å². The molecule has 0 bridgehead atoms. The molecule has 0 saturated carbocycles. The molecule has 0 spiro atoms. The number of allylic oxidation sites excluding steroid dienone is 4. The van der Waals surface area contributed by atoms with E-state index in [-0.39, 0.29) is 5.41 Å². The molecule has 2 nitrogen and oxygen atoms in total. The third kappa shape index (κ3) is 6.79. The second kappa shape index (κ2) is 15.6. The van der Waals surface area contributed by atoms with Gasteiger partial charge in [0.15, 0.2) is 0 Å². The summed E-state index contributed by atoms with van der Waals surface area (Å²) >= 11 is 0. The third-order valence-electron chi connectivity index (χ3n) is 13.1. The Morgan fingerprint density at radius 2 is 1.21 bits per heavy atom. The van der Waals surface area contributed by atoms with Crippen LogP contribution in [-0.4, -0.2) is 0 Å². The van der Waals surface area contributed by atoms with Crippen LogP contribution >= 0.6 is 0 Å². The van der Waals surface area contributed by atoms with Gasteiger partial charge in [0.2, 0.25) is 0 Å². The van der Waals surface area contributed by atoms with Crippen molar-refractivity contribution >= 4 is 39.4 Å². The molecule has 0 N–H and O–H groups in total. The third-order valence-corrected chi connectivity index (χ3v) is 13.1. The van der Waals surface area contributed by atoms with E-state index in [4.69, 9.17) is 4.42 Å². The molecule has 2 unspecified atom stereocenters. The van der Waals surface area contributed by atoms with Crippen LogP contribution in [0.1, 0.15) is 49.3 Å².